The van der Waals surface area contributed by atoms with E-state index >= 15 is 0 Å². The number of alkyl halides is 1. The lowest BCUT2D eigenvalue weighted by atomic mass is 9.77. The van der Waals surface area contributed by atoms with Crippen molar-refractivity contribution >= 4 is 23.0 Å². The molecular weight excluding hydrogens is 367 g/mol. The first-order chi connectivity index (χ1) is 12.9. The van der Waals surface area contributed by atoms with Gasteiger partial charge in [-0.15, -0.1) is 11.3 Å². The van der Waals surface area contributed by atoms with Crippen molar-refractivity contribution in [2.45, 2.75) is 64.5 Å². The molecule has 1 atom stereocenters. The lowest BCUT2D eigenvalue weighted by Gasteiger charge is -2.35. The maximum Gasteiger partial charge on any atom is 0.222 e. The van der Waals surface area contributed by atoms with Crippen molar-refractivity contribution in [3.05, 3.63) is 16.6 Å². The molecule has 1 unspecified atom stereocenters. The zero-order valence-electron chi connectivity index (χ0n) is 16.6. The number of ether oxygens (including phenoxy) is 1. The van der Waals surface area contributed by atoms with Crippen LogP contribution in [-0.4, -0.2) is 48.4 Å². The Morgan fingerprint density at radius 3 is 2.59 bits per heavy atom. The highest BCUT2D eigenvalue weighted by molar-refractivity contribution is 7.09. The molecule has 1 amide bonds. The summed E-state index contributed by atoms with van der Waals surface area (Å²) < 4.78 is 20.2. The van der Waals surface area contributed by atoms with Crippen molar-refractivity contribution < 1.29 is 18.7 Å². The number of halogens is 1. The number of thiazole rings is 1. The molecule has 0 bridgehead atoms. The molecule has 0 spiro atoms. The van der Waals surface area contributed by atoms with Crippen LogP contribution in [0.3, 0.4) is 0 Å². The maximum atomic E-state index is 15.0. The highest BCUT2D eigenvalue weighted by Gasteiger charge is 2.39. The number of methoxy groups -OCH3 is 1. The molecule has 152 valence electrons. The van der Waals surface area contributed by atoms with Crippen LogP contribution in [0.1, 0.15) is 63.8 Å². The Labute approximate surface area is 165 Å². The first-order valence-corrected chi connectivity index (χ1v) is 10.6. The first-order valence-electron chi connectivity index (χ1n) is 9.73. The molecule has 27 heavy (non-hydrogen) atoms. The second-order valence-electron chi connectivity index (χ2n) is 7.51. The number of Topliss-reactive ketones (excluding diaryl/α,β-unsaturated/α-hetero) is 1. The summed E-state index contributed by atoms with van der Waals surface area (Å²) in [6.07, 6.45) is 5.71. The highest BCUT2D eigenvalue weighted by Crippen LogP contribution is 2.38. The Morgan fingerprint density at radius 2 is 2.07 bits per heavy atom. The Morgan fingerprint density at radius 1 is 1.37 bits per heavy atom. The number of aromatic nitrogens is 1. The molecule has 1 aliphatic rings. The molecule has 5 nitrogen and oxygen atoms in total. The van der Waals surface area contributed by atoms with Crippen LogP contribution in [0.25, 0.3) is 0 Å². The molecule has 1 fully saturated rings. The molecule has 2 heterocycles. The van der Waals surface area contributed by atoms with E-state index in [1.165, 1.54) is 11.3 Å². The van der Waals surface area contributed by atoms with Crippen LogP contribution in [0.15, 0.2) is 11.6 Å². The molecule has 1 aromatic heterocycles. The van der Waals surface area contributed by atoms with Crippen LogP contribution in [0.4, 0.5) is 4.39 Å². The van der Waals surface area contributed by atoms with Gasteiger partial charge in [0.1, 0.15) is 10.8 Å². The average Bonchev–Trinajstić information content (AvgIpc) is 3.20. The Hall–Kier alpha value is -1.34. The number of likely N-dealkylation sites (tertiary alicyclic amines) is 1. The van der Waals surface area contributed by atoms with Gasteiger partial charge in [0, 0.05) is 51.0 Å². The zero-order chi connectivity index (χ0) is 19.9. The summed E-state index contributed by atoms with van der Waals surface area (Å²) in [4.78, 5) is 30.3. The second-order valence-corrected chi connectivity index (χ2v) is 8.41. The van der Waals surface area contributed by atoms with Crippen molar-refractivity contribution in [2.75, 3.05) is 26.8 Å². The number of piperidine rings is 1. The van der Waals surface area contributed by atoms with E-state index in [1.807, 2.05) is 6.92 Å². The summed E-state index contributed by atoms with van der Waals surface area (Å²) in [7, 11) is 1.61. The monoisotopic (exact) mass is 398 g/mol. The molecule has 0 radical (unpaired) electrons. The molecule has 0 aliphatic carbocycles. The number of rotatable bonds is 10. The van der Waals surface area contributed by atoms with E-state index in [0.29, 0.717) is 44.0 Å². The summed E-state index contributed by atoms with van der Waals surface area (Å²) >= 11 is 1.34. The van der Waals surface area contributed by atoms with Gasteiger partial charge in [0.2, 0.25) is 5.91 Å². The topological polar surface area (TPSA) is 59.5 Å². The molecule has 2 rings (SSSR count). The van der Waals surface area contributed by atoms with Crippen LogP contribution in [0.2, 0.25) is 0 Å². The minimum absolute atomic E-state index is 0.0767. The predicted octanol–water partition coefficient (Wildman–Crippen LogP) is 4.12. The van der Waals surface area contributed by atoms with Gasteiger partial charge in [-0.2, -0.15) is 0 Å². The standard InChI is InChI=1S/C20H31FN2O3S/c1-4-19(15-26-3,16(2)24)8-6-5-7-17(25)23-12-9-20(21,10-13-23)18-22-11-14-27-18/h11,14H,4-10,12-13,15H2,1-3H3. The molecular formula is C20H31FN2O3S. The second kappa shape index (κ2) is 9.73. The molecule has 0 N–H and O–H groups in total. The van der Waals surface area contributed by atoms with Crippen LogP contribution in [0, 0.1) is 5.41 Å². The van der Waals surface area contributed by atoms with E-state index in [2.05, 4.69) is 4.98 Å². The van der Waals surface area contributed by atoms with Crippen LogP contribution in [0.5, 0.6) is 0 Å². The Balaban J connectivity index is 1.76. The molecule has 1 aliphatic heterocycles. The molecule has 0 aromatic carbocycles. The van der Waals surface area contributed by atoms with Gasteiger partial charge in [-0.05, 0) is 26.2 Å². The van der Waals surface area contributed by atoms with Gasteiger partial charge in [-0.25, -0.2) is 9.37 Å². The van der Waals surface area contributed by atoms with Crippen molar-refractivity contribution in [1.29, 1.82) is 0 Å². The van der Waals surface area contributed by atoms with Crippen molar-refractivity contribution in [2.24, 2.45) is 5.41 Å². The quantitative estimate of drug-likeness (QED) is 0.556. The van der Waals surface area contributed by atoms with Crippen molar-refractivity contribution in [3.63, 3.8) is 0 Å². The number of hydrogen-bond acceptors (Lipinski definition) is 5. The van der Waals surface area contributed by atoms with Gasteiger partial charge in [0.25, 0.3) is 0 Å². The van der Waals surface area contributed by atoms with Gasteiger partial charge in [-0.3, -0.25) is 9.59 Å². The largest absolute Gasteiger partial charge is 0.384 e. The number of nitrogens with zero attached hydrogens (tertiary/aromatic N) is 2. The van der Waals surface area contributed by atoms with Gasteiger partial charge in [-0.1, -0.05) is 13.3 Å². The fourth-order valence-corrected chi connectivity index (χ4v) is 4.61. The van der Waals surface area contributed by atoms with E-state index in [9.17, 15) is 14.0 Å². The van der Waals surface area contributed by atoms with E-state index < -0.39 is 11.1 Å². The number of carbonyl (C=O) groups is 2. The van der Waals surface area contributed by atoms with Crippen LogP contribution >= 0.6 is 11.3 Å². The fourth-order valence-electron chi connectivity index (χ4n) is 3.82. The van der Waals surface area contributed by atoms with Crippen LogP contribution < -0.4 is 0 Å². The van der Waals surface area contributed by atoms with E-state index in [4.69, 9.17) is 4.74 Å². The normalized spacial score (nSPS) is 18.9. The Kier molecular flexibility index (Phi) is 7.91. The lowest BCUT2D eigenvalue weighted by molar-refractivity contribution is -0.134. The van der Waals surface area contributed by atoms with Gasteiger partial charge in [0.15, 0.2) is 5.67 Å². The van der Waals surface area contributed by atoms with Gasteiger partial charge >= 0.3 is 0 Å². The number of amides is 1. The third kappa shape index (κ3) is 5.35. The summed E-state index contributed by atoms with van der Waals surface area (Å²) in [5.41, 5.74) is -1.84. The summed E-state index contributed by atoms with van der Waals surface area (Å²) in [6.45, 7) is 4.92. The van der Waals surface area contributed by atoms with Crippen LogP contribution in [-0.2, 0) is 20.0 Å². The minimum Gasteiger partial charge on any atom is -0.384 e. The SMILES string of the molecule is CCC(CCCCC(=O)N1CCC(F)(c2nccs2)CC1)(COC)C(C)=O. The first kappa shape index (κ1) is 22.0. The number of hydrogen-bond donors (Lipinski definition) is 0. The number of ketones is 1. The van der Waals surface area contributed by atoms with Gasteiger partial charge in [0.05, 0.1) is 12.0 Å². The Bertz CT molecular complexity index is 615. The van der Waals surface area contributed by atoms with E-state index in [-0.39, 0.29) is 11.7 Å². The minimum atomic E-state index is -1.40. The molecule has 1 aromatic rings. The fraction of sp³-hybridized carbons (Fsp3) is 0.750. The highest BCUT2D eigenvalue weighted by atomic mass is 32.1. The third-order valence-corrected chi connectivity index (χ3v) is 6.82. The van der Waals surface area contributed by atoms with Gasteiger partial charge < -0.3 is 9.64 Å². The molecule has 7 heteroatoms. The molecule has 1 saturated heterocycles. The predicted molar refractivity (Wildman–Crippen MR) is 104 cm³/mol. The van der Waals surface area contributed by atoms with E-state index in [1.54, 1.807) is 30.5 Å². The maximum absolute atomic E-state index is 15.0. The summed E-state index contributed by atoms with van der Waals surface area (Å²) in [6, 6.07) is 0. The average molecular weight is 399 g/mol. The number of carbonyl (C=O) groups excluding carboxylic acids is 2. The summed E-state index contributed by atoms with van der Waals surface area (Å²) in [5.74, 6) is 0.225. The molecule has 0 saturated carbocycles. The van der Waals surface area contributed by atoms with E-state index in [0.717, 1.165) is 25.7 Å². The number of unbranched alkanes of at least 4 members (excludes halogenated alkanes) is 1. The smallest absolute Gasteiger partial charge is 0.222 e. The van der Waals surface area contributed by atoms with Crippen molar-refractivity contribution in [3.8, 4) is 0 Å². The third-order valence-electron chi connectivity index (χ3n) is 5.86. The summed E-state index contributed by atoms with van der Waals surface area (Å²) in [5, 5.41) is 2.31. The zero-order valence-corrected chi connectivity index (χ0v) is 17.4. The van der Waals surface area contributed by atoms with Crippen molar-refractivity contribution in [1.82, 2.24) is 9.88 Å². The lowest BCUT2D eigenvalue weighted by Crippen LogP contribution is -2.43.